The highest BCUT2D eigenvalue weighted by atomic mass is 35.5. The Morgan fingerprint density at radius 1 is 1.13 bits per heavy atom. The fourth-order valence-corrected chi connectivity index (χ4v) is 2.70. The highest BCUT2D eigenvalue weighted by Gasteiger charge is 2.06. The van der Waals surface area contributed by atoms with Crippen molar-refractivity contribution in [2.75, 3.05) is 6.54 Å². The standard InChI is InChI=1S/C18H18ClN3O/c19-14-5-3-4-13(12-14)10-11-20-18(23)9-8-17-21-15-6-1-2-7-16(15)22-17/h1-7,12H,8-11H2,(H,20,23)(H,21,22). The van der Waals surface area contributed by atoms with Crippen molar-refractivity contribution in [3.8, 4) is 0 Å². The Morgan fingerprint density at radius 2 is 2.00 bits per heavy atom. The lowest BCUT2D eigenvalue weighted by Crippen LogP contribution is -2.26. The molecule has 0 atom stereocenters. The third kappa shape index (κ3) is 4.33. The highest BCUT2D eigenvalue weighted by Crippen LogP contribution is 2.12. The molecule has 1 amide bonds. The number of aryl methyl sites for hydroxylation is 1. The van der Waals surface area contributed by atoms with Crippen LogP contribution in [0.15, 0.2) is 48.5 Å². The molecule has 0 unspecified atom stereocenters. The summed E-state index contributed by atoms with van der Waals surface area (Å²) in [5.41, 5.74) is 3.06. The first-order valence-corrected chi connectivity index (χ1v) is 8.03. The molecule has 0 bridgehead atoms. The summed E-state index contributed by atoms with van der Waals surface area (Å²) in [5, 5.41) is 3.65. The van der Waals surface area contributed by atoms with Gasteiger partial charge in [0.05, 0.1) is 11.0 Å². The summed E-state index contributed by atoms with van der Waals surface area (Å²) in [6.45, 7) is 0.610. The minimum Gasteiger partial charge on any atom is -0.356 e. The molecule has 0 spiro atoms. The summed E-state index contributed by atoms with van der Waals surface area (Å²) in [6.07, 6.45) is 1.81. The number of amides is 1. The number of benzene rings is 2. The SMILES string of the molecule is O=C(CCc1nc2ccccc2[nH]1)NCCc1cccc(Cl)c1. The number of carbonyl (C=O) groups excluding carboxylic acids is 1. The van der Waals surface area contributed by atoms with E-state index in [9.17, 15) is 4.79 Å². The summed E-state index contributed by atoms with van der Waals surface area (Å²) in [7, 11) is 0. The quantitative estimate of drug-likeness (QED) is 0.728. The molecule has 118 valence electrons. The fraction of sp³-hybridized carbons (Fsp3) is 0.222. The molecule has 0 aliphatic heterocycles. The zero-order chi connectivity index (χ0) is 16.1. The second-order valence-electron chi connectivity index (χ2n) is 5.43. The van der Waals surface area contributed by atoms with Crippen LogP contribution in [0, 0.1) is 0 Å². The van der Waals surface area contributed by atoms with E-state index in [1.165, 1.54) is 0 Å². The number of carbonyl (C=O) groups is 1. The van der Waals surface area contributed by atoms with E-state index in [0.29, 0.717) is 19.4 Å². The van der Waals surface area contributed by atoms with Gasteiger partial charge in [0.2, 0.25) is 5.91 Å². The van der Waals surface area contributed by atoms with Gasteiger partial charge in [0.1, 0.15) is 5.82 Å². The number of nitrogens with one attached hydrogen (secondary N) is 2. The summed E-state index contributed by atoms with van der Waals surface area (Å²) < 4.78 is 0. The number of nitrogens with zero attached hydrogens (tertiary/aromatic N) is 1. The number of hydrogen-bond donors (Lipinski definition) is 2. The van der Waals surface area contributed by atoms with Crippen LogP contribution in [0.2, 0.25) is 5.02 Å². The molecule has 3 rings (SSSR count). The molecule has 2 N–H and O–H groups in total. The van der Waals surface area contributed by atoms with Gasteiger partial charge in [0.15, 0.2) is 0 Å². The van der Waals surface area contributed by atoms with Gasteiger partial charge >= 0.3 is 0 Å². The Labute approximate surface area is 139 Å². The Balaban J connectivity index is 1.44. The van der Waals surface area contributed by atoms with Crippen LogP contribution in [0.1, 0.15) is 17.8 Å². The van der Waals surface area contributed by atoms with E-state index in [4.69, 9.17) is 11.6 Å². The minimum absolute atomic E-state index is 0.0347. The van der Waals surface area contributed by atoms with Gasteiger partial charge in [-0.2, -0.15) is 0 Å². The second-order valence-corrected chi connectivity index (χ2v) is 5.87. The number of imidazole rings is 1. The van der Waals surface area contributed by atoms with Crippen LogP contribution < -0.4 is 5.32 Å². The molecule has 4 nitrogen and oxygen atoms in total. The van der Waals surface area contributed by atoms with Gasteiger partial charge in [-0.25, -0.2) is 4.98 Å². The number of rotatable bonds is 6. The summed E-state index contributed by atoms with van der Waals surface area (Å²) >= 11 is 5.94. The predicted molar refractivity (Wildman–Crippen MR) is 92.6 cm³/mol. The van der Waals surface area contributed by atoms with E-state index >= 15 is 0 Å². The lowest BCUT2D eigenvalue weighted by Gasteiger charge is -2.05. The maximum Gasteiger partial charge on any atom is 0.220 e. The minimum atomic E-state index is 0.0347. The molecule has 0 fully saturated rings. The summed E-state index contributed by atoms with van der Waals surface area (Å²) in [6, 6.07) is 15.5. The van der Waals surface area contributed by atoms with E-state index in [1.807, 2.05) is 48.5 Å². The molecule has 5 heteroatoms. The topological polar surface area (TPSA) is 57.8 Å². The van der Waals surface area contributed by atoms with Gasteiger partial charge in [-0.05, 0) is 36.2 Å². The zero-order valence-corrected chi connectivity index (χ0v) is 13.4. The van der Waals surface area contributed by atoms with Gasteiger partial charge in [0.25, 0.3) is 0 Å². The Kier molecular flexibility index (Phi) is 4.93. The maximum atomic E-state index is 11.9. The lowest BCUT2D eigenvalue weighted by atomic mass is 10.1. The number of hydrogen-bond acceptors (Lipinski definition) is 2. The summed E-state index contributed by atoms with van der Waals surface area (Å²) in [4.78, 5) is 19.6. The van der Waals surface area contributed by atoms with Crippen molar-refractivity contribution in [3.05, 3.63) is 64.9 Å². The van der Waals surface area contributed by atoms with Gasteiger partial charge in [-0.3, -0.25) is 4.79 Å². The van der Waals surface area contributed by atoms with Crippen LogP contribution in [0.25, 0.3) is 11.0 Å². The molecule has 3 aromatic rings. The lowest BCUT2D eigenvalue weighted by molar-refractivity contribution is -0.121. The van der Waals surface area contributed by atoms with Gasteiger partial charge in [0, 0.05) is 24.4 Å². The van der Waals surface area contributed by atoms with Crippen molar-refractivity contribution in [1.82, 2.24) is 15.3 Å². The van der Waals surface area contributed by atoms with Crippen LogP contribution in [0.5, 0.6) is 0 Å². The molecule has 2 aromatic carbocycles. The van der Waals surface area contributed by atoms with Crippen LogP contribution in [0.3, 0.4) is 0 Å². The first-order chi connectivity index (χ1) is 11.2. The van der Waals surface area contributed by atoms with Crippen molar-refractivity contribution in [1.29, 1.82) is 0 Å². The van der Waals surface area contributed by atoms with Crippen molar-refractivity contribution in [3.63, 3.8) is 0 Å². The third-order valence-electron chi connectivity index (χ3n) is 3.65. The van der Waals surface area contributed by atoms with Crippen molar-refractivity contribution < 1.29 is 4.79 Å². The van der Waals surface area contributed by atoms with Gasteiger partial charge in [-0.1, -0.05) is 35.9 Å². The monoisotopic (exact) mass is 327 g/mol. The van der Waals surface area contributed by atoms with E-state index in [-0.39, 0.29) is 5.91 Å². The number of fused-ring (bicyclic) bond motifs is 1. The van der Waals surface area contributed by atoms with Crippen molar-refractivity contribution in [2.24, 2.45) is 0 Å². The molecule has 0 radical (unpaired) electrons. The molecular weight excluding hydrogens is 310 g/mol. The van der Waals surface area contributed by atoms with Crippen LogP contribution in [-0.2, 0) is 17.6 Å². The number of para-hydroxylation sites is 2. The summed E-state index contributed by atoms with van der Waals surface area (Å²) in [5.74, 6) is 0.878. The molecule has 1 aromatic heterocycles. The smallest absolute Gasteiger partial charge is 0.220 e. The van der Waals surface area contributed by atoms with Crippen LogP contribution >= 0.6 is 11.6 Å². The van der Waals surface area contributed by atoms with Crippen molar-refractivity contribution in [2.45, 2.75) is 19.3 Å². The number of aromatic nitrogens is 2. The van der Waals surface area contributed by atoms with Crippen LogP contribution in [-0.4, -0.2) is 22.4 Å². The number of halogens is 1. The molecular formula is C18H18ClN3O. The average molecular weight is 328 g/mol. The van der Waals surface area contributed by atoms with E-state index in [2.05, 4.69) is 15.3 Å². The zero-order valence-electron chi connectivity index (χ0n) is 12.7. The maximum absolute atomic E-state index is 11.9. The first-order valence-electron chi connectivity index (χ1n) is 7.65. The molecule has 0 aliphatic rings. The molecule has 1 heterocycles. The third-order valence-corrected chi connectivity index (χ3v) is 3.89. The Bertz CT molecular complexity index is 780. The average Bonchev–Trinajstić information content (AvgIpc) is 2.96. The van der Waals surface area contributed by atoms with Crippen LogP contribution in [0.4, 0.5) is 0 Å². The Morgan fingerprint density at radius 3 is 2.83 bits per heavy atom. The Hall–Kier alpha value is -2.33. The van der Waals surface area contributed by atoms with Gasteiger partial charge < -0.3 is 10.3 Å². The normalized spacial score (nSPS) is 10.8. The van der Waals surface area contributed by atoms with Gasteiger partial charge in [-0.15, -0.1) is 0 Å². The first kappa shape index (κ1) is 15.6. The molecule has 0 aliphatic carbocycles. The number of aromatic amines is 1. The van der Waals surface area contributed by atoms with E-state index in [1.54, 1.807) is 0 Å². The second kappa shape index (κ2) is 7.29. The van der Waals surface area contributed by atoms with E-state index < -0.39 is 0 Å². The largest absolute Gasteiger partial charge is 0.356 e. The predicted octanol–water partition coefficient (Wildman–Crippen LogP) is 3.51. The molecule has 23 heavy (non-hydrogen) atoms. The highest BCUT2D eigenvalue weighted by molar-refractivity contribution is 6.30. The van der Waals surface area contributed by atoms with E-state index in [0.717, 1.165) is 33.9 Å². The molecule has 0 saturated heterocycles. The molecule has 0 saturated carbocycles. The fourth-order valence-electron chi connectivity index (χ4n) is 2.48. The van der Waals surface area contributed by atoms with Crippen molar-refractivity contribution >= 4 is 28.5 Å². The number of H-pyrrole nitrogens is 1.